The Kier molecular flexibility index (Phi) is 7.08. The molecular formula is C18H31NO2S. The molecule has 0 rings (SSSR count). The summed E-state index contributed by atoms with van der Waals surface area (Å²) in [5, 5.41) is 8.71. The average molecular weight is 332 g/mol. The Bertz CT molecular complexity index is 578. The minimum atomic E-state index is -2.60. The van der Waals surface area contributed by atoms with Gasteiger partial charge >= 0.3 is 5.97 Å². The molecule has 0 amide bonds. The highest BCUT2D eigenvalue weighted by atomic mass is 32.2. The lowest BCUT2D eigenvalue weighted by Crippen LogP contribution is -2.32. The molecule has 3 N–H and O–H groups in total. The van der Waals surface area contributed by atoms with Crippen LogP contribution in [0.1, 0.15) is 61.5 Å². The first kappa shape index (κ1) is 12.4. The van der Waals surface area contributed by atoms with Crippen molar-refractivity contribution in [2.45, 2.75) is 59.3 Å². The normalized spacial score (nSPS) is 19.0. The number of carboxylic acids is 1. The predicted octanol–water partition coefficient (Wildman–Crippen LogP) is 4.55. The van der Waals surface area contributed by atoms with Crippen molar-refractivity contribution >= 4 is 17.7 Å². The summed E-state index contributed by atoms with van der Waals surface area (Å²) in [6, 6.07) is -0.838. The second-order valence-electron chi connectivity index (χ2n) is 5.28. The second-order valence-corrected chi connectivity index (χ2v) is 6.35. The lowest BCUT2D eigenvalue weighted by molar-refractivity contribution is -0.137. The van der Waals surface area contributed by atoms with Gasteiger partial charge in [0.25, 0.3) is 0 Å². The number of nitrogens with two attached hydrogens (primary N) is 1. The number of rotatable bonds is 11. The quantitative estimate of drug-likeness (QED) is 0.430. The van der Waals surface area contributed by atoms with Gasteiger partial charge in [0.2, 0.25) is 0 Å². The largest absolute Gasteiger partial charge is 0.480 e. The first-order valence-electron chi connectivity index (χ1n) is 10.3. The molecule has 22 heavy (non-hydrogen) atoms. The first-order valence-corrected chi connectivity index (χ1v) is 8.49. The van der Waals surface area contributed by atoms with Crippen LogP contribution in [0, 0.1) is 0 Å². The Labute approximate surface area is 148 Å². The van der Waals surface area contributed by atoms with Gasteiger partial charge in [0.15, 0.2) is 0 Å². The Morgan fingerprint density at radius 2 is 1.77 bits per heavy atom. The molecule has 0 unspecified atom stereocenters. The molecule has 0 aromatic heterocycles. The maximum atomic E-state index is 10.6. The van der Waals surface area contributed by atoms with Crippen LogP contribution in [0.4, 0.5) is 0 Å². The van der Waals surface area contributed by atoms with E-state index in [0.29, 0.717) is 24.3 Å². The van der Waals surface area contributed by atoms with Gasteiger partial charge in [-0.15, -0.1) is 0 Å². The molecule has 0 saturated heterocycles. The summed E-state index contributed by atoms with van der Waals surface area (Å²) in [6.07, 6.45) is 8.15. The topological polar surface area (TPSA) is 63.3 Å². The fourth-order valence-electron chi connectivity index (χ4n) is 1.66. The van der Waals surface area contributed by atoms with Crippen molar-refractivity contribution in [2.24, 2.45) is 5.73 Å². The van der Waals surface area contributed by atoms with Crippen LogP contribution in [0.15, 0.2) is 34.9 Å². The Hall–Kier alpha value is -1.00. The van der Waals surface area contributed by atoms with Crippen LogP contribution in [0.5, 0.6) is 0 Å². The van der Waals surface area contributed by atoms with Crippen LogP contribution in [-0.2, 0) is 4.79 Å². The lowest BCUT2D eigenvalue weighted by atomic mass is 10.1. The molecule has 0 aromatic rings. The molecule has 0 aromatic carbocycles. The third-order valence-electron chi connectivity index (χ3n) is 3.08. The van der Waals surface area contributed by atoms with Crippen molar-refractivity contribution in [3.63, 3.8) is 0 Å². The fourth-order valence-corrected chi connectivity index (χ4v) is 2.60. The van der Waals surface area contributed by atoms with Gasteiger partial charge in [0.05, 0.1) is 0 Å². The van der Waals surface area contributed by atoms with Gasteiger partial charge in [0.1, 0.15) is 6.04 Å². The lowest BCUT2D eigenvalue weighted by Gasteiger charge is -2.05. The summed E-state index contributed by atoms with van der Waals surface area (Å²) in [6.45, 7) is -1.24. The van der Waals surface area contributed by atoms with Crippen LogP contribution in [0.2, 0.25) is 0 Å². The van der Waals surface area contributed by atoms with Gasteiger partial charge in [-0.05, 0) is 53.2 Å². The molecule has 0 spiro atoms. The van der Waals surface area contributed by atoms with E-state index in [1.807, 2.05) is 13.8 Å². The van der Waals surface area contributed by atoms with Crippen LogP contribution >= 0.6 is 11.8 Å². The molecule has 0 radical (unpaired) electrons. The van der Waals surface area contributed by atoms with Crippen LogP contribution in [0.25, 0.3) is 0 Å². The molecule has 0 heterocycles. The van der Waals surface area contributed by atoms with Crippen molar-refractivity contribution in [1.29, 1.82) is 0 Å². The molecule has 0 aliphatic carbocycles. The van der Waals surface area contributed by atoms with Crippen molar-refractivity contribution in [2.75, 3.05) is 11.5 Å². The average Bonchev–Trinajstić information content (AvgIpc) is 2.52. The van der Waals surface area contributed by atoms with Gasteiger partial charge in [-0.1, -0.05) is 34.9 Å². The number of carboxylic acid groups (broad SMARTS) is 1. The molecule has 4 heteroatoms. The van der Waals surface area contributed by atoms with Crippen molar-refractivity contribution in [3.8, 4) is 0 Å². The van der Waals surface area contributed by atoms with E-state index in [1.54, 1.807) is 0 Å². The number of carbonyl (C=O) groups is 1. The molecule has 0 bridgehead atoms. The Morgan fingerprint density at radius 1 is 1.18 bits per heavy atom. The highest BCUT2D eigenvalue weighted by Crippen LogP contribution is 2.12. The molecule has 126 valence electrons. The maximum absolute atomic E-state index is 10.6. The van der Waals surface area contributed by atoms with Crippen molar-refractivity contribution in [1.82, 2.24) is 0 Å². The number of allylic oxidation sites excluding steroid dienone is 5. The van der Waals surface area contributed by atoms with Gasteiger partial charge < -0.3 is 10.8 Å². The number of hydrogen-bond donors (Lipinski definition) is 2. The van der Waals surface area contributed by atoms with E-state index >= 15 is 0 Å². The minimum absolute atomic E-state index is 0.375. The molecule has 3 nitrogen and oxygen atoms in total. The Morgan fingerprint density at radius 3 is 2.36 bits per heavy atom. The van der Waals surface area contributed by atoms with Gasteiger partial charge in [-0.2, -0.15) is 11.8 Å². The van der Waals surface area contributed by atoms with Crippen molar-refractivity contribution < 1.29 is 18.1 Å². The monoisotopic (exact) mass is 331 g/mol. The maximum Gasteiger partial charge on any atom is 0.321 e. The highest BCUT2D eigenvalue weighted by Gasteiger charge is 2.09. The van der Waals surface area contributed by atoms with E-state index in [9.17, 15) is 4.79 Å². The summed E-state index contributed by atoms with van der Waals surface area (Å²) in [7, 11) is 0. The fraction of sp³-hybridized carbons (Fsp3) is 0.611. The third kappa shape index (κ3) is 12.7. The van der Waals surface area contributed by atoms with E-state index in [1.165, 1.54) is 23.4 Å². The minimum Gasteiger partial charge on any atom is -0.480 e. The standard InChI is InChI=1S/C18H31NO2S/c1-14(2)7-5-8-15(3)9-6-10-16(4)11-12-22-13-17(19)18(20)21/h7,9,11,17H,5-6,8,10,12-13,19H2,1-4H3,(H,20,21)/b15-9+,16-11+/t17-/m0/s1/i1D3,2D3. The third-order valence-corrected chi connectivity index (χ3v) is 4.08. The zero-order chi connectivity index (χ0) is 22.0. The smallest absolute Gasteiger partial charge is 0.321 e. The highest BCUT2D eigenvalue weighted by molar-refractivity contribution is 7.99. The van der Waals surface area contributed by atoms with E-state index in [4.69, 9.17) is 19.1 Å². The van der Waals surface area contributed by atoms with Gasteiger partial charge in [-0.25, -0.2) is 0 Å². The summed E-state index contributed by atoms with van der Waals surface area (Å²) < 4.78 is 44.1. The second kappa shape index (κ2) is 12.5. The number of hydrogen-bond acceptors (Lipinski definition) is 3. The molecule has 0 saturated carbocycles. The van der Waals surface area contributed by atoms with Crippen LogP contribution in [-0.4, -0.2) is 28.6 Å². The molecule has 0 aliphatic rings. The molecule has 0 aliphatic heterocycles. The van der Waals surface area contributed by atoms with E-state index in [2.05, 4.69) is 12.2 Å². The van der Waals surface area contributed by atoms with Crippen LogP contribution in [0.3, 0.4) is 0 Å². The van der Waals surface area contributed by atoms with E-state index in [-0.39, 0.29) is 0 Å². The molecular weight excluding hydrogens is 294 g/mol. The molecule has 0 fully saturated rings. The van der Waals surface area contributed by atoms with E-state index in [0.717, 1.165) is 18.4 Å². The summed E-state index contributed by atoms with van der Waals surface area (Å²) >= 11 is 1.48. The van der Waals surface area contributed by atoms with Gasteiger partial charge in [0, 0.05) is 19.7 Å². The van der Waals surface area contributed by atoms with Crippen LogP contribution < -0.4 is 5.73 Å². The van der Waals surface area contributed by atoms with Crippen molar-refractivity contribution in [3.05, 3.63) is 34.9 Å². The van der Waals surface area contributed by atoms with Gasteiger partial charge in [-0.3, -0.25) is 4.79 Å². The predicted molar refractivity (Wildman–Crippen MR) is 98.3 cm³/mol. The summed E-state index contributed by atoms with van der Waals surface area (Å²) in [4.78, 5) is 10.6. The summed E-state index contributed by atoms with van der Waals surface area (Å²) in [5.74, 6) is 0.0986. The first-order chi connectivity index (χ1) is 12.7. The van der Waals surface area contributed by atoms with E-state index < -0.39 is 31.3 Å². The zero-order valence-corrected chi connectivity index (χ0v) is 14.2. The zero-order valence-electron chi connectivity index (χ0n) is 19.4. The number of thioether (sulfide) groups is 1. The summed E-state index contributed by atoms with van der Waals surface area (Å²) in [5.41, 5.74) is 7.26. The SMILES string of the molecule is [2H]C([2H])([2H])C(=CCC/C(C)=C/CC/C(C)=C/CSC[C@H](N)C(=O)O)C([2H])([2H])[2H]. The Balaban J connectivity index is 4.36. The molecule has 1 atom stereocenters. The number of aliphatic carboxylic acids is 1.